The number of carbonyl (C=O) groups is 2. The van der Waals surface area contributed by atoms with E-state index < -0.39 is 5.91 Å². The monoisotopic (exact) mass is 293 g/mol. The van der Waals surface area contributed by atoms with Crippen LogP contribution < -0.4 is 10.6 Å². The van der Waals surface area contributed by atoms with E-state index >= 15 is 0 Å². The third-order valence-electron chi connectivity index (χ3n) is 2.34. The number of rotatable bonds is 4. The lowest BCUT2D eigenvalue weighted by Gasteiger charge is -2.05. The lowest BCUT2D eigenvalue weighted by Crippen LogP contribution is -2.33. The molecule has 1 aromatic heterocycles. The fourth-order valence-corrected chi connectivity index (χ4v) is 1.65. The Morgan fingerprint density at radius 1 is 1.40 bits per heavy atom. The van der Waals surface area contributed by atoms with Gasteiger partial charge in [-0.2, -0.15) is 4.98 Å². The van der Waals surface area contributed by atoms with E-state index in [-0.39, 0.29) is 18.4 Å². The Hall–Kier alpha value is -2.41. The van der Waals surface area contributed by atoms with Crippen LogP contribution in [0.4, 0.5) is 5.95 Å². The van der Waals surface area contributed by atoms with E-state index in [1.807, 2.05) is 0 Å². The summed E-state index contributed by atoms with van der Waals surface area (Å²) in [5.41, 5.74) is 0.388. The molecule has 0 unspecified atom stereocenters. The number of aryl methyl sites for hydroxylation is 1. The molecule has 104 valence electrons. The number of hydrogen-bond donors (Lipinski definition) is 3. The van der Waals surface area contributed by atoms with Crippen molar-refractivity contribution in [2.24, 2.45) is 0 Å². The fraction of sp³-hybridized carbons (Fsp3) is 0.167. The van der Waals surface area contributed by atoms with Crippen LogP contribution in [-0.2, 0) is 4.79 Å². The van der Waals surface area contributed by atoms with Crippen molar-refractivity contribution in [3.05, 3.63) is 40.7 Å². The Labute approximate surface area is 119 Å². The van der Waals surface area contributed by atoms with Gasteiger partial charge in [-0.1, -0.05) is 17.7 Å². The van der Waals surface area contributed by atoms with Crippen LogP contribution in [0.25, 0.3) is 0 Å². The summed E-state index contributed by atoms with van der Waals surface area (Å²) < 4.78 is 0. The van der Waals surface area contributed by atoms with Crippen molar-refractivity contribution < 1.29 is 9.59 Å². The Bertz CT molecular complexity index is 640. The Morgan fingerprint density at radius 3 is 2.85 bits per heavy atom. The first kappa shape index (κ1) is 14.0. The summed E-state index contributed by atoms with van der Waals surface area (Å²) in [6, 6.07) is 6.45. The molecule has 20 heavy (non-hydrogen) atoms. The largest absolute Gasteiger partial charge is 0.343 e. The summed E-state index contributed by atoms with van der Waals surface area (Å²) in [6.45, 7) is 1.53. The van der Waals surface area contributed by atoms with Crippen LogP contribution in [0.15, 0.2) is 24.3 Å². The first-order valence-corrected chi connectivity index (χ1v) is 6.15. The predicted molar refractivity (Wildman–Crippen MR) is 73.5 cm³/mol. The van der Waals surface area contributed by atoms with Crippen molar-refractivity contribution in [2.45, 2.75) is 6.92 Å². The average Bonchev–Trinajstić information content (AvgIpc) is 2.81. The molecule has 1 heterocycles. The molecule has 0 atom stereocenters. The van der Waals surface area contributed by atoms with Crippen LogP contribution in [-0.4, -0.2) is 33.5 Å². The van der Waals surface area contributed by atoms with Gasteiger partial charge in [-0.25, -0.2) is 0 Å². The summed E-state index contributed by atoms with van der Waals surface area (Å²) in [5.74, 6) is -0.0408. The van der Waals surface area contributed by atoms with E-state index in [0.717, 1.165) is 0 Å². The number of anilines is 1. The highest BCUT2D eigenvalue weighted by Crippen LogP contribution is 2.10. The standard InChI is InChI=1S/C12H12ClN5O2/c1-7-15-12(18-17-7)16-10(19)6-14-11(20)8-3-2-4-9(13)5-8/h2-5H,6H2,1H3,(H,14,20)(H2,15,16,17,18,19). The van der Waals surface area contributed by atoms with Gasteiger partial charge in [0.05, 0.1) is 6.54 Å². The van der Waals surface area contributed by atoms with Gasteiger partial charge in [0.15, 0.2) is 0 Å². The smallest absolute Gasteiger partial charge is 0.251 e. The van der Waals surface area contributed by atoms with Gasteiger partial charge in [-0.3, -0.25) is 20.0 Å². The van der Waals surface area contributed by atoms with Gasteiger partial charge >= 0.3 is 0 Å². The molecule has 1 aromatic carbocycles. The van der Waals surface area contributed by atoms with Crippen molar-refractivity contribution in [1.82, 2.24) is 20.5 Å². The lowest BCUT2D eigenvalue weighted by molar-refractivity contribution is -0.115. The van der Waals surface area contributed by atoms with Crippen LogP contribution in [0.2, 0.25) is 5.02 Å². The second-order valence-corrected chi connectivity index (χ2v) is 4.42. The second-order valence-electron chi connectivity index (χ2n) is 3.99. The minimum atomic E-state index is -0.417. The molecule has 8 heteroatoms. The molecule has 3 N–H and O–H groups in total. The van der Waals surface area contributed by atoms with Crippen LogP contribution in [0, 0.1) is 6.92 Å². The summed E-state index contributed by atoms with van der Waals surface area (Å²) in [5, 5.41) is 11.7. The molecule has 2 rings (SSSR count). The number of hydrogen-bond acceptors (Lipinski definition) is 4. The zero-order chi connectivity index (χ0) is 14.5. The number of halogens is 1. The number of carbonyl (C=O) groups excluding carboxylic acids is 2. The van der Waals surface area contributed by atoms with Crippen LogP contribution in [0.1, 0.15) is 16.2 Å². The highest BCUT2D eigenvalue weighted by Gasteiger charge is 2.10. The average molecular weight is 294 g/mol. The summed E-state index contributed by atoms with van der Waals surface area (Å²) in [7, 11) is 0. The molecule has 0 aliphatic rings. The molecule has 0 aliphatic heterocycles. The van der Waals surface area contributed by atoms with Crippen molar-refractivity contribution in [2.75, 3.05) is 11.9 Å². The third-order valence-corrected chi connectivity index (χ3v) is 2.58. The number of nitrogens with zero attached hydrogens (tertiary/aromatic N) is 2. The topological polar surface area (TPSA) is 99.8 Å². The molecule has 7 nitrogen and oxygen atoms in total. The minimum absolute atomic E-state index is 0.171. The van der Waals surface area contributed by atoms with Gasteiger partial charge in [-0.05, 0) is 25.1 Å². The Balaban J connectivity index is 1.85. The fourth-order valence-electron chi connectivity index (χ4n) is 1.46. The molecule has 2 aromatic rings. The molecule has 0 spiro atoms. The molecule has 0 aliphatic carbocycles. The maximum atomic E-state index is 11.8. The van der Waals surface area contributed by atoms with Gasteiger partial charge in [-0.15, -0.1) is 5.10 Å². The maximum absolute atomic E-state index is 11.8. The molecular weight excluding hydrogens is 282 g/mol. The molecule has 0 fully saturated rings. The van der Waals surface area contributed by atoms with Crippen molar-refractivity contribution in [3.63, 3.8) is 0 Å². The third kappa shape index (κ3) is 3.79. The minimum Gasteiger partial charge on any atom is -0.343 e. The highest BCUT2D eigenvalue weighted by atomic mass is 35.5. The molecule has 0 saturated carbocycles. The SMILES string of the molecule is Cc1nc(NC(=O)CNC(=O)c2cccc(Cl)c2)n[nH]1. The van der Waals surface area contributed by atoms with Crippen molar-refractivity contribution >= 4 is 29.4 Å². The van der Waals surface area contributed by atoms with Crippen molar-refractivity contribution in [1.29, 1.82) is 0 Å². The normalized spacial score (nSPS) is 10.1. The van der Waals surface area contributed by atoms with Gasteiger partial charge in [0.25, 0.3) is 5.91 Å². The van der Waals surface area contributed by atoms with Crippen LogP contribution in [0.5, 0.6) is 0 Å². The predicted octanol–water partition coefficient (Wildman–Crippen LogP) is 1.14. The number of amides is 2. The van der Waals surface area contributed by atoms with Crippen LogP contribution in [0.3, 0.4) is 0 Å². The van der Waals surface area contributed by atoms with Crippen LogP contribution >= 0.6 is 11.6 Å². The lowest BCUT2D eigenvalue weighted by atomic mass is 10.2. The first-order valence-electron chi connectivity index (χ1n) is 5.77. The molecule has 2 amide bonds. The zero-order valence-electron chi connectivity index (χ0n) is 10.6. The van der Waals surface area contributed by atoms with Crippen molar-refractivity contribution in [3.8, 4) is 0 Å². The Kier molecular flexibility index (Phi) is 4.31. The number of aromatic amines is 1. The highest BCUT2D eigenvalue weighted by molar-refractivity contribution is 6.30. The number of benzene rings is 1. The summed E-state index contributed by atoms with van der Waals surface area (Å²) in [4.78, 5) is 27.3. The molecule has 0 saturated heterocycles. The quantitative estimate of drug-likeness (QED) is 0.787. The number of nitrogens with one attached hydrogen (secondary N) is 3. The molecule has 0 radical (unpaired) electrons. The maximum Gasteiger partial charge on any atom is 0.251 e. The van der Waals surface area contributed by atoms with Gasteiger partial charge in [0.1, 0.15) is 5.82 Å². The second kappa shape index (κ2) is 6.16. The zero-order valence-corrected chi connectivity index (χ0v) is 11.4. The van der Waals surface area contributed by atoms with E-state index in [2.05, 4.69) is 25.8 Å². The summed E-state index contributed by atoms with van der Waals surface area (Å²) >= 11 is 5.78. The van der Waals surface area contributed by atoms with E-state index in [1.54, 1.807) is 25.1 Å². The molecule has 0 bridgehead atoms. The van der Waals surface area contributed by atoms with E-state index in [0.29, 0.717) is 16.4 Å². The molecular formula is C12H12ClN5O2. The van der Waals surface area contributed by atoms with Gasteiger partial charge in [0, 0.05) is 10.6 Å². The summed E-state index contributed by atoms with van der Waals surface area (Å²) in [6.07, 6.45) is 0. The number of H-pyrrole nitrogens is 1. The van der Waals surface area contributed by atoms with E-state index in [4.69, 9.17) is 11.6 Å². The number of aromatic nitrogens is 3. The first-order chi connectivity index (χ1) is 9.54. The van der Waals surface area contributed by atoms with Gasteiger partial charge in [0.2, 0.25) is 11.9 Å². The Morgan fingerprint density at radius 2 is 2.20 bits per heavy atom. The van der Waals surface area contributed by atoms with E-state index in [1.165, 1.54) is 6.07 Å². The van der Waals surface area contributed by atoms with E-state index in [9.17, 15) is 9.59 Å². The van der Waals surface area contributed by atoms with Gasteiger partial charge < -0.3 is 5.32 Å².